The normalized spacial score (nSPS) is 10.9. The van der Waals surface area contributed by atoms with Gasteiger partial charge in [-0.2, -0.15) is 5.10 Å². The van der Waals surface area contributed by atoms with Crippen LogP contribution >= 0.6 is 11.3 Å². The molecule has 0 fully saturated rings. The van der Waals surface area contributed by atoms with Gasteiger partial charge in [-0.25, -0.2) is 14.8 Å². The number of ether oxygens (including phenoxy) is 2. The van der Waals surface area contributed by atoms with Gasteiger partial charge in [0.2, 0.25) is 0 Å². The minimum absolute atomic E-state index is 0.0872. The van der Waals surface area contributed by atoms with Gasteiger partial charge in [0.25, 0.3) is 5.91 Å². The largest absolute Gasteiger partial charge is 0.490 e. The van der Waals surface area contributed by atoms with Gasteiger partial charge in [0.15, 0.2) is 11.5 Å². The van der Waals surface area contributed by atoms with Crippen LogP contribution in [0.1, 0.15) is 38.4 Å². The minimum atomic E-state index is -0.318. The fraction of sp³-hybridized carbons (Fsp3) is 0.227. The van der Waals surface area contributed by atoms with E-state index in [9.17, 15) is 9.18 Å². The number of amides is 1. The fourth-order valence-corrected chi connectivity index (χ4v) is 3.53. The highest BCUT2D eigenvalue weighted by Gasteiger charge is 2.13. The third-order valence-electron chi connectivity index (χ3n) is 4.10. The molecule has 6 nitrogen and oxygen atoms in total. The minimum Gasteiger partial charge on any atom is -0.490 e. The molecule has 30 heavy (non-hydrogen) atoms. The topological polar surface area (TPSA) is 72.8 Å². The smallest absolute Gasteiger partial charge is 0.283 e. The summed E-state index contributed by atoms with van der Waals surface area (Å²) in [7, 11) is 0. The molecular weight excluding hydrogens is 405 g/mol. The van der Waals surface area contributed by atoms with Crippen LogP contribution in [0.2, 0.25) is 0 Å². The second-order valence-electron chi connectivity index (χ2n) is 6.37. The maximum absolute atomic E-state index is 13.8. The maximum Gasteiger partial charge on any atom is 0.283 e. The van der Waals surface area contributed by atoms with Crippen molar-refractivity contribution < 1.29 is 18.7 Å². The molecule has 8 heteroatoms. The number of carbonyl (C=O) groups is 1. The van der Waals surface area contributed by atoms with Crippen molar-refractivity contribution in [2.75, 3.05) is 6.61 Å². The van der Waals surface area contributed by atoms with Gasteiger partial charge in [0.1, 0.15) is 17.3 Å². The molecule has 0 atom stereocenters. The third-order valence-corrected chi connectivity index (χ3v) is 5.17. The summed E-state index contributed by atoms with van der Waals surface area (Å²) in [5.41, 5.74) is 4.37. The van der Waals surface area contributed by atoms with E-state index in [4.69, 9.17) is 9.47 Å². The zero-order valence-electron chi connectivity index (χ0n) is 16.9. The molecule has 0 saturated heterocycles. The molecule has 0 spiro atoms. The average Bonchev–Trinajstić information content (AvgIpc) is 3.07. The van der Waals surface area contributed by atoms with Crippen molar-refractivity contribution in [3.63, 3.8) is 0 Å². The van der Waals surface area contributed by atoms with Crippen LogP contribution in [-0.2, 0) is 6.61 Å². The molecule has 0 unspecified atom stereocenters. The number of nitrogens with zero attached hydrogens (tertiary/aromatic N) is 2. The van der Waals surface area contributed by atoms with Crippen LogP contribution in [0.15, 0.2) is 47.6 Å². The van der Waals surface area contributed by atoms with Crippen molar-refractivity contribution in [3.05, 3.63) is 75.0 Å². The molecule has 2 aromatic carbocycles. The highest BCUT2D eigenvalue weighted by atomic mass is 32.1. The molecule has 0 aliphatic carbocycles. The Hall–Kier alpha value is -3.26. The summed E-state index contributed by atoms with van der Waals surface area (Å²) in [6.07, 6.45) is 1.52. The van der Waals surface area contributed by atoms with Crippen molar-refractivity contribution in [1.82, 2.24) is 10.4 Å². The van der Waals surface area contributed by atoms with E-state index in [0.29, 0.717) is 39.8 Å². The van der Waals surface area contributed by atoms with Crippen molar-refractivity contribution in [3.8, 4) is 11.5 Å². The van der Waals surface area contributed by atoms with E-state index >= 15 is 0 Å². The lowest BCUT2D eigenvalue weighted by molar-refractivity contribution is 0.0958. The van der Waals surface area contributed by atoms with Gasteiger partial charge in [-0.05, 0) is 50.6 Å². The Morgan fingerprint density at radius 2 is 2.00 bits per heavy atom. The van der Waals surface area contributed by atoms with Gasteiger partial charge in [0, 0.05) is 5.56 Å². The molecule has 156 valence electrons. The van der Waals surface area contributed by atoms with Crippen LogP contribution in [-0.4, -0.2) is 23.7 Å². The number of rotatable bonds is 8. The van der Waals surface area contributed by atoms with Crippen LogP contribution in [0.5, 0.6) is 11.5 Å². The van der Waals surface area contributed by atoms with Gasteiger partial charge in [-0.1, -0.05) is 18.2 Å². The van der Waals surface area contributed by atoms with Gasteiger partial charge in [-0.15, -0.1) is 11.3 Å². The third kappa shape index (κ3) is 5.42. The SMILES string of the molecule is CCOc1cc(/C=N/NC(=O)c2sc(C)nc2C)ccc1OCc1ccccc1F. The van der Waals surface area contributed by atoms with Gasteiger partial charge in [0.05, 0.1) is 23.5 Å². The summed E-state index contributed by atoms with van der Waals surface area (Å²) in [4.78, 5) is 17.0. The van der Waals surface area contributed by atoms with E-state index in [1.807, 2.05) is 13.8 Å². The molecular formula is C22H22FN3O3S. The number of hydrogen-bond donors (Lipinski definition) is 1. The number of nitrogens with one attached hydrogen (secondary N) is 1. The molecule has 0 bridgehead atoms. The molecule has 0 aliphatic rings. The van der Waals surface area contributed by atoms with Crippen LogP contribution in [0.25, 0.3) is 0 Å². The standard InChI is InChI=1S/C22H22FN3O3S/c1-4-28-20-11-16(12-24-26-22(27)21-14(2)25-15(3)30-21)9-10-19(20)29-13-17-7-5-6-8-18(17)23/h5-12H,4,13H2,1-3H3,(H,26,27)/b24-12+. The van der Waals surface area contributed by atoms with E-state index in [2.05, 4.69) is 15.5 Å². The molecule has 0 radical (unpaired) electrons. The molecule has 1 N–H and O–H groups in total. The van der Waals surface area contributed by atoms with Crippen LogP contribution in [0.4, 0.5) is 4.39 Å². The Morgan fingerprint density at radius 3 is 2.70 bits per heavy atom. The summed E-state index contributed by atoms with van der Waals surface area (Å²) < 4.78 is 25.2. The van der Waals surface area contributed by atoms with E-state index in [1.54, 1.807) is 43.3 Å². The summed E-state index contributed by atoms with van der Waals surface area (Å²) >= 11 is 1.32. The van der Waals surface area contributed by atoms with Gasteiger partial charge < -0.3 is 9.47 Å². The Kier molecular flexibility index (Phi) is 7.13. The Balaban J connectivity index is 1.68. The fourth-order valence-electron chi connectivity index (χ4n) is 2.72. The lowest BCUT2D eigenvalue weighted by Gasteiger charge is -2.13. The highest BCUT2D eigenvalue weighted by Crippen LogP contribution is 2.29. The maximum atomic E-state index is 13.8. The van der Waals surface area contributed by atoms with E-state index in [0.717, 1.165) is 5.01 Å². The average molecular weight is 428 g/mol. The molecule has 1 amide bonds. The predicted molar refractivity (Wildman–Crippen MR) is 115 cm³/mol. The summed E-state index contributed by atoms with van der Waals surface area (Å²) in [6.45, 7) is 6.03. The first-order valence-corrected chi connectivity index (χ1v) is 10.2. The highest BCUT2D eigenvalue weighted by molar-refractivity contribution is 7.13. The van der Waals surface area contributed by atoms with Crippen LogP contribution < -0.4 is 14.9 Å². The number of hydrogen-bond acceptors (Lipinski definition) is 6. The number of hydrazone groups is 1. The quantitative estimate of drug-likeness (QED) is 0.420. The lowest BCUT2D eigenvalue weighted by Crippen LogP contribution is -2.17. The molecule has 3 aromatic rings. The molecule has 0 aliphatic heterocycles. The second kappa shape index (κ2) is 9.98. The zero-order chi connectivity index (χ0) is 21.5. The Morgan fingerprint density at radius 1 is 1.20 bits per heavy atom. The van der Waals surface area contributed by atoms with Gasteiger partial charge >= 0.3 is 0 Å². The number of aromatic nitrogens is 1. The van der Waals surface area contributed by atoms with Crippen LogP contribution in [0, 0.1) is 19.7 Å². The summed E-state index contributed by atoms with van der Waals surface area (Å²) in [6, 6.07) is 11.7. The molecule has 1 heterocycles. The Bertz CT molecular complexity index is 1070. The van der Waals surface area contributed by atoms with Gasteiger partial charge in [-0.3, -0.25) is 4.79 Å². The first-order chi connectivity index (χ1) is 14.5. The second-order valence-corrected chi connectivity index (χ2v) is 7.57. The Labute approximate surface area is 178 Å². The zero-order valence-corrected chi connectivity index (χ0v) is 17.8. The first-order valence-electron chi connectivity index (χ1n) is 9.38. The van der Waals surface area contributed by atoms with E-state index < -0.39 is 0 Å². The van der Waals surface area contributed by atoms with Crippen molar-refractivity contribution in [2.45, 2.75) is 27.4 Å². The molecule has 0 saturated carbocycles. The first kappa shape index (κ1) is 21.4. The summed E-state index contributed by atoms with van der Waals surface area (Å²) in [5, 5.41) is 4.84. The lowest BCUT2D eigenvalue weighted by atomic mass is 10.2. The van der Waals surface area contributed by atoms with Crippen molar-refractivity contribution in [1.29, 1.82) is 0 Å². The number of benzene rings is 2. The molecule has 1 aromatic heterocycles. The number of aryl methyl sites for hydroxylation is 2. The van der Waals surface area contributed by atoms with Crippen molar-refractivity contribution >= 4 is 23.5 Å². The number of carbonyl (C=O) groups excluding carboxylic acids is 1. The van der Waals surface area contributed by atoms with Crippen LogP contribution in [0.3, 0.4) is 0 Å². The van der Waals surface area contributed by atoms with Crippen molar-refractivity contribution in [2.24, 2.45) is 5.10 Å². The molecule has 3 rings (SSSR count). The monoisotopic (exact) mass is 427 g/mol. The van der Waals surface area contributed by atoms with E-state index in [1.165, 1.54) is 23.6 Å². The summed E-state index contributed by atoms with van der Waals surface area (Å²) in [5.74, 6) is 0.389. The predicted octanol–water partition coefficient (Wildman–Crippen LogP) is 4.64. The number of thiazole rings is 1. The van der Waals surface area contributed by atoms with E-state index in [-0.39, 0.29) is 18.3 Å². The number of halogens is 1.